The molecular weight excluding hydrogens is 336 g/mol. The molecule has 1 unspecified atom stereocenters. The minimum absolute atomic E-state index is 0.552. The molecule has 0 saturated carbocycles. The Hall–Kier alpha value is -0.580. The molecule has 0 spiro atoms. The third-order valence-corrected chi connectivity index (χ3v) is 3.50. The predicted molar refractivity (Wildman–Crippen MR) is 69.3 cm³/mol. The van der Waals surface area contributed by atoms with Crippen molar-refractivity contribution in [2.75, 3.05) is 0 Å². The molecule has 0 aliphatic rings. The molecule has 0 aliphatic heterocycles. The van der Waals surface area contributed by atoms with Gasteiger partial charge in [0, 0.05) is 14.5 Å². The Morgan fingerprint density at radius 1 is 1.19 bits per heavy atom. The van der Waals surface area contributed by atoms with Crippen LogP contribution in [0.25, 0.3) is 0 Å². The van der Waals surface area contributed by atoms with Gasteiger partial charge in [0.15, 0.2) is 0 Å². The first-order chi connectivity index (χ1) is 7.58. The van der Waals surface area contributed by atoms with Crippen molar-refractivity contribution in [3.63, 3.8) is 0 Å². The first kappa shape index (κ1) is 11.9. The first-order valence-corrected chi connectivity index (χ1v) is 6.36. The summed E-state index contributed by atoms with van der Waals surface area (Å²) in [5.74, 6) is 1.34. The topological polar surface area (TPSA) is 33.4 Å². The fourth-order valence-corrected chi connectivity index (χ4v) is 2.32. The van der Waals surface area contributed by atoms with Crippen LogP contribution in [0.1, 0.15) is 23.2 Å². The maximum absolute atomic E-state index is 10.2. The lowest BCUT2D eigenvalue weighted by molar-refractivity contribution is 0.187. The maximum atomic E-state index is 10.2. The third kappa shape index (κ3) is 2.39. The number of rotatable bonds is 2. The van der Waals surface area contributed by atoms with E-state index in [2.05, 4.69) is 31.9 Å². The van der Waals surface area contributed by atoms with Crippen LogP contribution < -0.4 is 0 Å². The second-order valence-electron chi connectivity index (χ2n) is 3.52. The van der Waals surface area contributed by atoms with Gasteiger partial charge in [-0.3, -0.25) is 0 Å². The van der Waals surface area contributed by atoms with Gasteiger partial charge < -0.3 is 9.52 Å². The van der Waals surface area contributed by atoms with Crippen molar-refractivity contribution in [2.45, 2.75) is 13.0 Å². The summed E-state index contributed by atoms with van der Waals surface area (Å²) in [5.41, 5.74) is 0.781. The fraction of sp³-hybridized carbons (Fsp3) is 0.167. The summed E-state index contributed by atoms with van der Waals surface area (Å²) < 4.78 is 7.19. The molecule has 2 aromatic rings. The van der Waals surface area contributed by atoms with Crippen LogP contribution in [0.2, 0.25) is 0 Å². The molecule has 1 aromatic heterocycles. The van der Waals surface area contributed by atoms with E-state index >= 15 is 0 Å². The summed E-state index contributed by atoms with van der Waals surface area (Å²) in [6.45, 7) is 1.85. The number of halogens is 2. The Bertz CT molecular complexity index is 505. The van der Waals surface area contributed by atoms with Crippen LogP contribution in [0, 0.1) is 6.92 Å². The van der Waals surface area contributed by atoms with E-state index in [0.29, 0.717) is 5.76 Å². The highest BCUT2D eigenvalue weighted by atomic mass is 79.9. The number of furan rings is 1. The van der Waals surface area contributed by atoms with Gasteiger partial charge in [0.05, 0.1) is 0 Å². The van der Waals surface area contributed by atoms with E-state index in [1.807, 2.05) is 31.2 Å². The van der Waals surface area contributed by atoms with Crippen molar-refractivity contribution in [1.82, 2.24) is 0 Å². The molecule has 0 aliphatic carbocycles. The van der Waals surface area contributed by atoms with Gasteiger partial charge in [0.1, 0.15) is 17.6 Å². The van der Waals surface area contributed by atoms with E-state index in [9.17, 15) is 5.11 Å². The maximum Gasteiger partial charge on any atom is 0.138 e. The van der Waals surface area contributed by atoms with Crippen LogP contribution in [0.15, 0.2) is 43.7 Å². The van der Waals surface area contributed by atoms with Crippen molar-refractivity contribution >= 4 is 31.9 Å². The molecule has 0 radical (unpaired) electrons. The van der Waals surface area contributed by atoms with Gasteiger partial charge in [-0.05, 0) is 37.3 Å². The summed E-state index contributed by atoms with van der Waals surface area (Å²) in [7, 11) is 0. The lowest BCUT2D eigenvalue weighted by Crippen LogP contribution is -1.99. The number of aryl methyl sites for hydroxylation is 1. The Kier molecular flexibility index (Phi) is 3.52. The molecule has 1 heterocycles. The van der Waals surface area contributed by atoms with Gasteiger partial charge >= 0.3 is 0 Å². The summed E-state index contributed by atoms with van der Waals surface area (Å²) >= 11 is 6.79. The molecule has 1 N–H and O–H groups in total. The Morgan fingerprint density at radius 2 is 1.94 bits per heavy atom. The van der Waals surface area contributed by atoms with E-state index in [1.54, 1.807) is 6.07 Å². The fourth-order valence-electron chi connectivity index (χ4n) is 1.48. The van der Waals surface area contributed by atoms with E-state index in [-0.39, 0.29) is 0 Å². The second kappa shape index (κ2) is 4.73. The monoisotopic (exact) mass is 344 g/mol. The van der Waals surface area contributed by atoms with Crippen LogP contribution in [0.3, 0.4) is 0 Å². The van der Waals surface area contributed by atoms with Crippen molar-refractivity contribution in [1.29, 1.82) is 0 Å². The van der Waals surface area contributed by atoms with Gasteiger partial charge in [-0.2, -0.15) is 0 Å². The SMILES string of the molecule is Cc1ccc(C(O)c2cc(Br)ccc2Br)o1. The van der Waals surface area contributed by atoms with Crippen molar-refractivity contribution in [3.8, 4) is 0 Å². The molecule has 0 bridgehead atoms. The van der Waals surface area contributed by atoms with Gasteiger partial charge in [0.2, 0.25) is 0 Å². The normalized spacial score (nSPS) is 12.8. The Balaban J connectivity index is 2.40. The van der Waals surface area contributed by atoms with E-state index < -0.39 is 6.10 Å². The van der Waals surface area contributed by atoms with Gasteiger partial charge in [-0.15, -0.1) is 0 Å². The molecule has 0 fully saturated rings. The van der Waals surface area contributed by atoms with E-state index in [0.717, 1.165) is 20.3 Å². The van der Waals surface area contributed by atoms with Crippen LogP contribution in [-0.2, 0) is 0 Å². The van der Waals surface area contributed by atoms with Gasteiger partial charge in [-0.1, -0.05) is 31.9 Å². The van der Waals surface area contributed by atoms with Crippen LogP contribution in [0.5, 0.6) is 0 Å². The summed E-state index contributed by atoms with van der Waals surface area (Å²) in [6, 6.07) is 9.29. The largest absolute Gasteiger partial charge is 0.463 e. The predicted octanol–water partition coefficient (Wildman–Crippen LogP) is 4.19. The average molecular weight is 346 g/mol. The Labute approximate surface area is 111 Å². The molecule has 1 atom stereocenters. The number of aliphatic hydroxyl groups excluding tert-OH is 1. The average Bonchev–Trinajstić information content (AvgIpc) is 2.67. The molecule has 1 aromatic carbocycles. The summed E-state index contributed by atoms with van der Waals surface area (Å²) in [6.07, 6.45) is -0.749. The molecule has 2 rings (SSSR count). The zero-order valence-corrected chi connectivity index (χ0v) is 11.7. The van der Waals surface area contributed by atoms with Gasteiger partial charge in [-0.25, -0.2) is 0 Å². The van der Waals surface area contributed by atoms with Crippen molar-refractivity contribution in [2.24, 2.45) is 0 Å². The minimum Gasteiger partial charge on any atom is -0.463 e. The summed E-state index contributed by atoms with van der Waals surface area (Å²) in [5, 5.41) is 10.2. The van der Waals surface area contributed by atoms with Crippen LogP contribution in [0.4, 0.5) is 0 Å². The van der Waals surface area contributed by atoms with E-state index in [1.165, 1.54) is 0 Å². The van der Waals surface area contributed by atoms with Crippen LogP contribution in [-0.4, -0.2) is 5.11 Å². The highest BCUT2D eigenvalue weighted by Crippen LogP contribution is 2.31. The molecule has 84 valence electrons. The zero-order chi connectivity index (χ0) is 11.7. The number of hydrogen-bond acceptors (Lipinski definition) is 2. The highest BCUT2D eigenvalue weighted by molar-refractivity contribution is 9.11. The first-order valence-electron chi connectivity index (χ1n) is 4.77. The minimum atomic E-state index is -0.749. The Morgan fingerprint density at radius 3 is 2.56 bits per heavy atom. The third-order valence-electron chi connectivity index (χ3n) is 2.28. The molecule has 16 heavy (non-hydrogen) atoms. The van der Waals surface area contributed by atoms with Gasteiger partial charge in [0.25, 0.3) is 0 Å². The quantitative estimate of drug-likeness (QED) is 0.885. The molecule has 0 amide bonds. The molecular formula is C12H10Br2O2. The molecule has 2 nitrogen and oxygen atoms in total. The molecule has 4 heteroatoms. The lowest BCUT2D eigenvalue weighted by atomic mass is 10.1. The van der Waals surface area contributed by atoms with Crippen molar-refractivity contribution in [3.05, 3.63) is 56.4 Å². The standard InChI is InChI=1S/C12H10Br2O2/c1-7-2-5-11(16-7)12(15)9-6-8(13)3-4-10(9)14/h2-6,12,15H,1H3. The number of benzene rings is 1. The van der Waals surface area contributed by atoms with Crippen LogP contribution >= 0.6 is 31.9 Å². The smallest absolute Gasteiger partial charge is 0.138 e. The number of aliphatic hydroxyl groups is 1. The summed E-state index contributed by atoms with van der Waals surface area (Å²) in [4.78, 5) is 0. The molecule has 0 saturated heterocycles. The lowest BCUT2D eigenvalue weighted by Gasteiger charge is -2.10. The zero-order valence-electron chi connectivity index (χ0n) is 8.58. The van der Waals surface area contributed by atoms with E-state index in [4.69, 9.17) is 4.42 Å². The van der Waals surface area contributed by atoms with Crippen molar-refractivity contribution < 1.29 is 9.52 Å². The second-order valence-corrected chi connectivity index (χ2v) is 5.29. The highest BCUT2D eigenvalue weighted by Gasteiger charge is 2.17. The number of hydrogen-bond donors (Lipinski definition) is 1.